The van der Waals surface area contributed by atoms with Crippen LogP contribution >= 0.6 is 0 Å². The number of rotatable bonds is 3. The van der Waals surface area contributed by atoms with Crippen LogP contribution in [0, 0.1) is 17.8 Å². The molecule has 5 atom stereocenters. The van der Waals surface area contributed by atoms with Gasteiger partial charge in [-0.15, -0.1) is 0 Å². The summed E-state index contributed by atoms with van der Waals surface area (Å²) in [6.45, 7) is 0. The van der Waals surface area contributed by atoms with Crippen molar-refractivity contribution in [1.82, 2.24) is 0 Å². The highest BCUT2D eigenvalue weighted by Crippen LogP contribution is 2.64. The standard InChI is InChI=1S/C22H23NO3/c1-26-15-5-2-4-14(11-15)20-19-13-9-8-12(10-13)18(19)16-6-3-7-17(22(24)25)21(16)23-20/h2-7,11-13,18-20,23H,8-10H2,1H3,(H,24,25)/p-1/t12-,13-,18+,19-,20-/m0/s1. The lowest BCUT2D eigenvalue weighted by Gasteiger charge is -2.44. The van der Waals surface area contributed by atoms with Crippen LogP contribution in [-0.2, 0) is 0 Å². The molecule has 2 aromatic rings. The molecule has 0 aromatic heterocycles. The van der Waals surface area contributed by atoms with E-state index in [1.54, 1.807) is 13.2 Å². The first kappa shape index (κ1) is 15.7. The molecule has 0 spiro atoms. The van der Waals surface area contributed by atoms with Gasteiger partial charge in [0, 0.05) is 11.3 Å². The largest absolute Gasteiger partial charge is 0.545 e. The summed E-state index contributed by atoms with van der Waals surface area (Å²) in [5.41, 5.74) is 3.37. The van der Waals surface area contributed by atoms with Gasteiger partial charge in [-0.2, -0.15) is 0 Å². The van der Waals surface area contributed by atoms with Crippen molar-refractivity contribution in [2.24, 2.45) is 17.8 Å². The first-order chi connectivity index (χ1) is 12.7. The molecule has 0 amide bonds. The highest BCUT2D eigenvalue weighted by atomic mass is 16.5. The summed E-state index contributed by atoms with van der Waals surface area (Å²) in [5, 5.41) is 15.3. The smallest absolute Gasteiger partial charge is 0.119 e. The van der Waals surface area contributed by atoms with E-state index in [1.165, 1.54) is 30.4 Å². The molecule has 1 N–H and O–H groups in total. The number of aromatic carboxylic acids is 1. The first-order valence-electron chi connectivity index (χ1n) is 9.42. The Bertz CT molecular complexity index is 877. The van der Waals surface area contributed by atoms with Crippen molar-refractivity contribution in [2.75, 3.05) is 12.4 Å². The number of ether oxygens (including phenoxy) is 1. The maximum absolute atomic E-state index is 11.7. The van der Waals surface area contributed by atoms with Crippen LogP contribution < -0.4 is 15.2 Å². The average Bonchev–Trinajstić information content (AvgIpc) is 3.29. The Morgan fingerprint density at radius 3 is 2.77 bits per heavy atom. The van der Waals surface area contributed by atoms with Crippen molar-refractivity contribution < 1.29 is 14.6 Å². The number of hydrogen-bond donors (Lipinski definition) is 1. The molecule has 2 fully saturated rings. The van der Waals surface area contributed by atoms with Gasteiger partial charge in [-0.05, 0) is 66.2 Å². The van der Waals surface area contributed by atoms with E-state index in [2.05, 4.69) is 23.5 Å². The van der Waals surface area contributed by atoms with Crippen LogP contribution in [0.4, 0.5) is 5.69 Å². The Balaban J connectivity index is 1.66. The predicted octanol–water partition coefficient (Wildman–Crippen LogP) is 3.36. The molecular formula is C22H22NO3-. The van der Waals surface area contributed by atoms with Gasteiger partial charge in [-0.3, -0.25) is 0 Å². The number of para-hydroxylation sites is 1. The minimum absolute atomic E-state index is 0.110. The van der Waals surface area contributed by atoms with Crippen molar-refractivity contribution >= 4 is 11.7 Å². The molecule has 4 heteroatoms. The Hall–Kier alpha value is -2.49. The van der Waals surface area contributed by atoms with E-state index in [4.69, 9.17) is 4.74 Å². The number of carbonyl (C=O) groups excluding carboxylic acids is 1. The zero-order valence-corrected chi connectivity index (χ0v) is 14.8. The number of methoxy groups -OCH3 is 1. The van der Waals surface area contributed by atoms with Gasteiger partial charge in [-0.25, -0.2) is 0 Å². The van der Waals surface area contributed by atoms with E-state index in [1.807, 2.05) is 18.2 Å². The summed E-state index contributed by atoms with van der Waals surface area (Å²) >= 11 is 0. The van der Waals surface area contributed by atoms with Gasteiger partial charge < -0.3 is 20.0 Å². The number of carbonyl (C=O) groups is 1. The normalized spacial score (nSPS) is 31.0. The Morgan fingerprint density at radius 1 is 1.15 bits per heavy atom. The third-order valence-electron chi connectivity index (χ3n) is 6.79. The van der Waals surface area contributed by atoms with Gasteiger partial charge in [0.05, 0.1) is 19.1 Å². The predicted molar refractivity (Wildman–Crippen MR) is 97.2 cm³/mol. The van der Waals surface area contributed by atoms with E-state index in [0.29, 0.717) is 23.7 Å². The Kier molecular flexibility index (Phi) is 3.49. The van der Waals surface area contributed by atoms with Crippen LogP contribution in [0.15, 0.2) is 42.5 Å². The molecule has 2 bridgehead atoms. The third kappa shape index (κ3) is 2.17. The second kappa shape index (κ2) is 5.76. The van der Waals surface area contributed by atoms with Crippen LogP contribution in [0.5, 0.6) is 5.75 Å². The van der Waals surface area contributed by atoms with E-state index < -0.39 is 5.97 Å². The van der Waals surface area contributed by atoms with E-state index in [0.717, 1.165) is 11.4 Å². The average molecular weight is 348 g/mol. The van der Waals surface area contributed by atoms with Gasteiger partial charge in [0.2, 0.25) is 0 Å². The zero-order chi connectivity index (χ0) is 17.8. The van der Waals surface area contributed by atoms with E-state index in [9.17, 15) is 9.90 Å². The highest BCUT2D eigenvalue weighted by Gasteiger charge is 2.54. The van der Waals surface area contributed by atoms with E-state index >= 15 is 0 Å². The minimum Gasteiger partial charge on any atom is -0.545 e. The molecule has 134 valence electrons. The molecule has 1 aliphatic heterocycles. The first-order valence-corrected chi connectivity index (χ1v) is 9.42. The number of carboxylic acids is 1. The molecule has 0 saturated heterocycles. The number of fused-ring (bicyclic) bond motifs is 7. The van der Waals surface area contributed by atoms with Crippen molar-refractivity contribution in [3.05, 3.63) is 59.2 Å². The molecule has 4 nitrogen and oxygen atoms in total. The Morgan fingerprint density at radius 2 is 1.96 bits per heavy atom. The van der Waals surface area contributed by atoms with Gasteiger partial charge in [0.25, 0.3) is 0 Å². The summed E-state index contributed by atoms with van der Waals surface area (Å²) in [6.07, 6.45) is 3.79. The lowest BCUT2D eigenvalue weighted by molar-refractivity contribution is -0.254. The minimum atomic E-state index is -1.11. The monoisotopic (exact) mass is 348 g/mol. The van der Waals surface area contributed by atoms with Crippen LogP contribution in [0.2, 0.25) is 0 Å². The van der Waals surface area contributed by atoms with Crippen LogP contribution in [0.25, 0.3) is 0 Å². The third-order valence-corrected chi connectivity index (χ3v) is 6.79. The molecule has 1 heterocycles. The maximum atomic E-state index is 11.7. The van der Waals surface area contributed by atoms with Crippen molar-refractivity contribution in [3.8, 4) is 5.75 Å². The van der Waals surface area contributed by atoms with Crippen molar-refractivity contribution in [2.45, 2.75) is 31.2 Å². The van der Waals surface area contributed by atoms with Gasteiger partial charge >= 0.3 is 0 Å². The van der Waals surface area contributed by atoms with Crippen molar-refractivity contribution in [3.63, 3.8) is 0 Å². The summed E-state index contributed by atoms with van der Waals surface area (Å²) in [4.78, 5) is 11.7. The summed E-state index contributed by atoms with van der Waals surface area (Å²) in [5.74, 6) is 2.03. The quantitative estimate of drug-likeness (QED) is 0.924. The van der Waals surface area contributed by atoms with Gasteiger partial charge in [0.15, 0.2) is 0 Å². The molecule has 0 radical (unpaired) electrons. The lowest BCUT2D eigenvalue weighted by Crippen LogP contribution is -2.37. The Labute approximate surface area is 153 Å². The molecule has 2 aliphatic carbocycles. The highest BCUT2D eigenvalue weighted by molar-refractivity contribution is 5.94. The van der Waals surface area contributed by atoms with Crippen molar-refractivity contribution in [1.29, 1.82) is 0 Å². The van der Waals surface area contributed by atoms with Crippen LogP contribution in [-0.4, -0.2) is 13.1 Å². The fourth-order valence-electron chi connectivity index (χ4n) is 5.85. The fourth-order valence-corrected chi connectivity index (χ4v) is 5.85. The maximum Gasteiger partial charge on any atom is 0.119 e. The fraction of sp³-hybridized carbons (Fsp3) is 0.409. The number of nitrogens with one attached hydrogen (secondary N) is 1. The summed E-state index contributed by atoms with van der Waals surface area (Å²) < 4.78 is 5.42. The van der Waals surface area contributed by atoms with Gasteiger partial charge in [-0.1, -0.05) is 30.3 Å². The molecule has 2 aromatic carbocycles. The second-order valence-corrected chi connectivity index (χ2v) is 7.89. The number of benzene rings is 2. The molecule has 0 unspecified atom stereocenters. The number of hydrogen-bond acceptors (Lipinski definition) is 4. The molecule has 5 rings (SSSR count). The lowest BCUT2D eigenvalue weighted by atomic mass is 9.67. The topological polar surface area (TPSA) is 61.4 Å². The molecule has 3 aliphatic rings. The van der Waals surface area contributed by atoms with Crippen LogP contribution in [0.3, 0.4) is 0 Å². The zero-order valence-electron chi connectivity index (χ0n) is 14.8. The summed E-state index contributed by atoms with van der Waals surface area (Å²) in [6, 6.07) is 13.9. The molecular weight excluding hydrogens is 326 g/mol. The van der Waals surface area contributed by atoms with Gasteiger partial charge in [0.1, 0.15) is 5.75 Å². The van der Waals surface area contributed by atoms with E-state index in [-0.39, 0.29) is 11.6 Å². The SMILES string of the molecule is COc1cccc([C@@H]2Nc3c(C(=O)[O-])cccc3[C@H]3[C@H]4CC[C@@H](C4)[C@@H]32)c1. The molecule has 26 heavy (non-hydrogen) atoms. The number of anilines is 1. The van der Waals surface area contributed by atoms with Crippen LogP contribution in [0.1, 0.15) is 52.7 Å². The molecule has 2 saturated carbocycles. The number of carboxylic acid groups (broad SMARTS) is 1. The summed E-state index contributed by atoms with van der Waals surface area (Å²) in [7, 11) is 1.68. The second-order valence-electron chi connectivity index (χ2n) is 7.89.